The molecule has 58 heavy (non-hydrogen) atoms. The van der Waals surface area contributed by atoms with Crippen LogP contribution >= 0.6 is 0 Å². The number of phenolic OH excluding ortho intramolecular Hbond substituents is 1. The van der Waals surface area contributed by atoms with E-state index in [1.807, 2.05) is 4.90 Å². The molecular weight excluding hydrogens is 747 g/mol. The number of ether oxygens (including phenoxy) is 3. The number of hydrogen-bond donors (Lipinski definition) is 1. The molecule has 6 heterocycles. The summed E-state index contributed by atoms with van der Waals surface area (Å²) in [5, 5.41) is 11.1. The number of rotatable bonds is 16. The van der Waals surface area contributed by atoms with E-state index >= 15 is 4.39 Å². The molecule has 4 fully saturated rings. The number of nitrogens with zero attached hydrogens (tertiary/aromatic N) is 6. The fourth-order valence-electron chi connectivity index (χ4n) is 10.5. The van der Waals surface area contributed by atoms with Crippen LogP contribution in [0.1, 0.15) is 127 Å². The van der Waals surface area contributed by atoms with Crippen LogP contribution in [0.4, 0.5) is 19.4 Å². The molecule has 0 radical (unpaired) electrons. The number of halogens is 2. The quantitative estimate of drug-likeness (QED) is 0.0852. The van der Waals surface area contributed by atoms with Gasteiger partial charge < -0.3 is 24.2 Å². The van der Waals surface area contributed by atoms with Gasteiger partial charge in [0.05, 0.1) is 23.0 Å². The van der Waals surface area contributed by atoms with E-state index < -0.39 is 30.4 Å². The van der Waals surface area contributed by atoms with Crippen LogP contribution in [0.5, 0.6) is 11.8 Å². The summed E-state index contributed by atoms with van der Waals surface area (Å²) < 4.78 is 48.8. The second-order valence-corrected chi connectivity index (χ2v) is 17.2. The maximum absolute atomic E-state index is 17.1. The summed E-state index contributed by atoms with van der Waals surface area (Å²) in [5.41, 5.74) is 2.30. The fraction of sp³-hybridized carbons (Fsp3) is 0.659. The number of unbranched alkanes of at least 4 members (excludes halogenated alkanes) is 6. The lowest BCUT2D eigenvalue weighted by Crippen LogP contribution is -2.56. The summed E-state index contributed by atoms with van der Waals surface area (Å²) in [7, 11) is 0. The van der Waals surface area contributed by atoms with Gasteiger partial charge in [0.1, 0.15) is 35.6 Å². The molecule has 2 bridgehead atoms. The van der Waals surface area contributed by atoms with Gasteiger partial charge in [-0.05, 0) is 87.1 Å². The lowest BCUT2D eigenvalue weighted by atomic mass is 9.91. The van der Waals surface area contributed by atoms with Crippen LogP contribution in [-0.2, 0) is 20.7 Å². The van der Waals surface area contributed by atoms with Gasteiger partial charge in [0, 0.05) is 44.2 Å². The second kappa shape index (κ2) is 17.5. The Labute approximate surface area is 339 Å². The molecule has 5 atom stereocenters. The fourth-order valence-corrected chi connectivity index (χ4v) is 10.5. The van der Waals surface area contributed by atoms with Crippen LogP contribution in [0.3, 0.4) is 0 Å². The molecule has 3 aromatic rings. The third kappa shape index (κ3) is 8.14. The highest BCUT2D eigenvalue weighted by Crippen LogP contribution is 2.46. The predicted octanol–water partition coefficient (Wildman–Crippen LogP) is 8.36. The molecule has 3 unspecified atom stereocenters. The molecule has 314 valence electrons. The van der Waals surface area contributed by atoms with E-state index in [4.69, 9.17) is 19.2 Å². The minimum absolute atomic E-state index is 0.00199. The Balaban J connectivity index is 1.01. The normalized spacial score (nSPS) is 25.0. The van der Waals surface area contributed by atoms with Crippen molar-refractivity contribution in [3.63, 3.8) is 0 Å². The van der Waals surface area contributed by atoms with Gasteiger partial charge in [-0.15, -0.1) is 0 Å². The Kier molecular flexibility index (Phi) is 12.2. The number of aromatic nitrogens is 3. The van der Waals surface area contributed by atoms with Crippen molar-refractivity contribution in [1.82, 2.24) is 24.8 Å². The van der Waals surface area contributed by atoms with E-state index in [-0.39, 0.29) is 53.5 Å². The largest absolute Gasteiger partial charge is 0.508 e. The average molecular weight is 805 g/mol. The van der Waals surface area contributed by atoms with Gasteiger partial charge in [0.2, 0.25) is 6.79 Å². The molecule has 1 N–H and O–H groups in total. The van der Waals surface area contributed by atoms with Crippen LogP contribution in [0.25, 0.3) is 22.2 Å². The Hall–Kier alpha value is -4.33. The first-order valence-electron chi connectivity index (χ1n) is 21.8. The van der Waals surface area contributed by atoms with Crippen LogP contribution in [0, 0.1) is 5.82 Å². The number of benzene rings is 1. The van der Waals surface area contributed by atoms with E-state index in [1.165, 1.54) is 25.7 Å². The van der Waals surface area contributed by atoms with Crippen molar-refractivity contribution in [3.05, 3.63) is 35.3 Å². The van der Waals surface area contributed by atoms with Gasteiger partial charge in [-0.3, -0.25) is 19.6 Å². The monoisotopic (exact) mass is 804 g/mol. The molecule has 8 rings (SSSR count). The highest BCUT2D eigenvalue weighted by atomic mass is 19.1. The number of pyridine rings is 1. The second-order valence-electron chi connectivity index (χ2n) is 17.2. The standard InChI is InChI=1S/C44H58F2N6O6/c1-3-5-6-7-8-9-10-12-36(54)57-27-58-43(55)52-31-15-16-32(52)25-50(24-31)41-35-22-47-39(34-20-33(53)19-29-14-13-28(4-2)37(29)34)38(46)40(35)48-42(49-41)56-26-44-17-11-18-51(44)23-30(45)21-44/h19-20,22,28,30-32,53H,3-18,21,23-27H2,1-2H3/t28?,30-,31?,32?,44+/m1/s1. The molecule has 5 aliphatic rings. The number of alkyl halides is 1. The number of phenols is 1. The molecule has 4 saturated heterocycles. The van der Waals surface area contributed by atoms with Crippen molar-refractivity contribution in [2.45, 2.75) is 146 Å². The van der Waals surface area contributed by atoms with Crippen molar-refractivity contribution in [2.75, 3.05) is 44.5 Å². The molecule has 1 amide bonds. The van der Waals surface area contributed by atoms with Gasteiger partial charge in [-0.2, -0.15) is 9.97 Å². The third-order valence-electron chi connectivity index (χ3n) is 13.4. The molecule has 1 aliphatic carbocycles. The van der Waals surface area contributed by atoms with Gasteiger partial charge in [-0.25, -0.2) is 13.6 Å². The number of amides is 1. The highest BCUT2D eigenvalue weighted by molar-refractivity contribution is 5.92. The molecule has 14 heteroatoms. The van der Waals surface area contributed by atoms with E-state index in [9.17, 15) is 19.1 Å². The van der Waals surface area contributed by atoms with E-state index in [2.05, 4.69) is 28.7 Å². The molecule has 0 spiro atoms. The van der Waals surface area contributed by atoms with Crippen molar-refractivity contribution >= 4 is 28.8 Å². The van der Waals surface area contributed by atoms with Crippen LogP contribution < -0.4 is 9.64 Å². The van der Waals surface area contributed by atoms with Crippen LogP contribution in [0.2, 0.25) is 0 Å². The van der Waals surface area contributed by atoms with Crippen LogP contribution in [0.15, 0.2) is 18.3 Å². The summed E-state index contributed by atoms with van der Waals surface area (Å²) >= 11 is 0. The van der Waals surface area contributed by atoms with E-state index in [0.717, 1.165) is 81.9 Å². The maximum atomic E-state index is 17.1. The summed E-state index contributed by atoms with van der Waals surface area (Å²) in [6.07, 6.45) is 14.3. The zero-order chi connectivity index (χ0) is 40.4. The molecule has 4 aliphatic heterocycles. The lowest BCUT2D eigenvalue weighted by molar-refractivity contribution is -0.152. The zero-order valence-corrected chi connectivity index (χ0v) is 34.0. The minimum Gasteiger partial charge on any atom is -0.508 e. The number of fused-ring (bicyclic) bond motifs is 5. The van der Waals surface area contributed by atoms with Gasteiger partial charge >= 0.3 is 18.1 Å². The van der Waals surface area contributed by atoms with Gasteiger partial charge in [0.25, 0.3) is 0 Å². The number of carbonyl (C=O) groups is 2. The van der Waals surface area contributed by atoms with Crippen LogP contribution in [-0.4, -0.2) is 105 Å². The third-order valence-corrected chi connectivity index (χ3v) is 13.4. The molecule has 0 saturated carbocycles. The lowest BCUT2D eigenvalue weighted by Gasteiger charge is -2.41. The summed E-state index contributed by atoms with van der Waals surface area (Å²) in [4.78, 5) is 45.8. The molecule has 12 nitrogen and oxygen atoms in total. The molecule has 2 aromatic heterocycles. The van der Waals surface area contributed by atoms with Crippen molar-refractivity contribution in [2.24, 2.45) is 0 Å². The Morgan fingerprint density at radius 2 is 1.76 bits per heavy atom. The zero-order valence-electron chi connectivity index (χ0n) is 34.0. The Morgan fingerprint density at radius 3 is 2.53 bits per heavy atom. The predicted molar refractivity (Wildman–Crippen MR) is 215 cm³/mol. The number of aromatic hydroxyl groups is 1. The Bertz CT molecular complexity index is 1970. The summed E-state index contributed by atoms with van der Waals surface area (Å²) in [6, 6.07) is 2.94. The van der Waals surface area contributed by atoms with E-state index in [0.29, 0.717) is 49.2 Å². The van der Waals surface area contributed by atoms with Crippen molar-refractivity contribution in [1.29, 1.82) is 0 Å². The topological polar surface area (TPSA) is 130 Å². The number of hydrogen-bond acceptors (Lipinski definition) is 11. The Morgan fingerprint density at radius 1 is 0.983 bits per heavy atom. The highest BCUT2D eigenvalue weighted by Gasteiger charge is 2.50. The van der Waals surface area contributed by atoms with Crippen molar-refractivity contribution < 1.29 is 37.7 Å². The first-order valence-corrected chi connectivity index (χ1v) is 21.8. The summed E-state index contributed by atoms with van der Waals surface area (Å²) in [6.45, 7) is 6.04. The molecular formula is C44H58F2N6O6. The number of anilines is 1. The van der Waals surface area contributed by atoms with E-state index in [1.54, 1.807) is 23.2 Å². The first-order chi connectivity index (χ1) is 28.2. The van der Waals surface area contributed by atoms with Gasteiger partial charge in [0.15, 0.2) is 5.82 Å². The molecule has 1 aromatic carbocycles. The summed E-state index contributed by atoms with van der Waals surface area (Å²) in [5.74, 6) is -0.260. The van der Waals surface area contributed by atoms with Gasteiger partial charge in [-0.1, -0.05) is 52.4 Å². The average Bonchev–Trinajstić information content (AvgIpc) is 3.95. The minimum atomic E-state index is -0.931. The van der Waals surface area contributed by atoms with Crippen molar-refractivity contribution in [3.8, 4) is 23.0 Å². The number of piperazine rings is 1. The first kappa shape index (κ1) is 40.4. The smallest absolute Gasteiger partial charge is 0.413 e. The number of carbonyl (C=O) groups excluding carboxylic acids is 2. The number of esters is 1. The number of aryl methyl sites for hydroxylation is 1. The maximum Gasteiger partial charge on any atom is 0.413 e. The SMILES string of the molecule is CCCCCCCCCC(=O)OCOC(=O)N1C2CCC1CN(c1nc(OC[C@@]34CCCN3C[C@H](F)C4)nc3c(F)c(-c4cc(O)cc5c4C(CC)CC5)ncc13)C2.